The van der Waals surface area contributed by atoms with Crippen LogP contribution < -0.4 is 9.64 Å². The highest BCUT2D eigenvalue weighted by atomic mass is 127. The Morgan fingerprint density at radius 1 is 0.857 bits per heavy atom. The highest BCUT2D eigenvalue weighted by Crippen LogP contribution is 2.22. The topological polar surface area (TPSA) is 55.8 Å². The van der Waals surface area contributed by atoms with E-state index >= 15 is 0 Å². The summed E-state index contributed by atoms with van der Waals surface area (Å²) in [6.45, 7) is 0.709. The van der Waals surface area contributed by atoms with Crippen LogP contribution in [0.15, 0.2) is 72.8 Å². The molecule has 0 atom stereocenters. The van der Waals surface area contributed by atoms with Gasteiger partial charge in [-0.25, -0.2) is 4.79 Å². The summed E-state index contributed by atoms with van der Waals surface area (Å²) in [5, 5.41) is 0. The van der Waals surface area contributed by atoms with Gasteiger partial charge in [-0.2, -0.15) is 0 Å². The van der Waals surface area contributed by atoms with Gasteiger partial charge in [0.1, 0.15) is 5.75 Å². The number of ether oxygens (including phenoxy) is 2. The lowest BCUT2D eigenvalue weighted by atomic mass is 10.1. The lowest BCUT2D eigenvalue weighted by Gasteiger charge is -2.18. The molecule has 184 valence electrons. The van der Waals surface area contributed by atoms with Gasteiger partial charge in [0, 0.05) is 22.7 Å². The van der Waals surface area contributed by atoms with Crippen molar-refractivity contribution in [1.29, 1.82) is 0 Å². The molecule has 3 rings (SSSR count). The van der Waals surface area contributed by atoms with Crippen LogP contribution in [0.1, 0.15) is 47.2 Å². The van der Waals surface area contributed by atoms with Crippen LogP contribution in [0, 0.1) is 3.57 Å². The summed E-state index contributed by atoms with van der Waals surface area (Å²) < 4.78 is 11.5. The molecule has 0 saturated carbocycles. The summed E-state index contributed by atoms with van der Waals surface area (Å²) in [7, 11) is 3.08. The number of rotatable bonds is 12. The number of aryl methyl sites for hydroxylation is 2. The number of hydrogen-bond donors (Lipinski definition) is 0. The number of carbonyl (C=O) groups is 2. The third-order valence-electron chi connectivity index (χ3n) is 5.89. The summed E-state index contributed by atoms with van der Waals surface area (Å²) in [5.74, 6) is 0.430. The molecule has 3 aromatic carbocycles. The van der Waals surface area contributed by atoms with Gasteiger partial charge >= 0.3 is 5.97 Å². The lowest BCUT2D eigenvalue weighted by Crippen LogP contribution is -2.26. The minimum atomic E-state index is -0.411. The second kappa shape index (κ2) is 13.9. The molecule has 5 nitrogen and oxygen atoms in total. The average Bonchev–Trinajstić information content (AvgIpc) is 2.90. The van der Waals surface area contributed by atoms with Crippen molar-refractivity contribution in [2.24, 2.45) is 0 Å². The van der Waals surface area contributed by atoms with E-state index in [4.69, 9.17) is 9.47 Å². The van der Waals surface area contributed by atoms with Gasteiger partial charge in [0.05, 0.1) is 19.3 Å². The number of benzene rings is 3. The van der Waals surface area contributed by atoms with Crippen molar-refractivity contribution >= 4 is 40.2 Å². The zero-order valence-corrected chi connectivity index (χ0v) is 22.5. The van der Waals surface area contributed by atoms with Gasteiger partial charge in [-0.05, 0) is 96.2 Å². The Morgan fingerprint density at radius 2 is 1.57 bits per heavy atom. The van der Waals surface area contributed by atoms with Gasteiger partial charge < -0.3 is 14.4 Å². The van der Waals surface area contributed by atoms with E-state index in [1.54, 1.807) is 18.0 Å². The number of methoxy groups -OCH3 is 1. The van der Waals surface area contributed by atoms with Gasteiger partial charge in [-0.1, -0.05) is 42.5 Å². The van der Waals surface area contributed by atoms with Crippen molar-refractivity contribution in [2.45, 2.75) is 38.5 Å². The molecule has 0 unspecified atom stereocenters. The maximum absolute atomic E-state index is 12.7. The fourth-order valence-corrected chi connectivity index (χ4v) is 4.30. The second-order valence-electron chi connectivity index (χ2n) is 8.40. The molecule has 0 fully saturated rings. The zero-order chi connectivity index (χ0) is 25.0. The molecule has 0 saturated heterocycles. The molecule has 0 heterocycles. The largest absolute Gasteiger partial charge is 0.494 e. The molecule has 3 aromatic rings. The Bertz CT molecular complexity index is 1100. The van der Waals surface area contributed by atoms with Gasteiger partial charge in [-0.15, -0.1) is 0 Å². The van der Waals surface area contributed by atoms with E-state index in [0.29, 0.717) is 30.7 Å². The number of hydrogen-bond acceptors (Lipinski definition) is 4. The first-order valence-electron chi connectivity index (χ1n) is 11.9. The van der Waals surface area contributed by atoms with Crippen molar-refractivity contribution in [3.8, 4) is 5.75 Å². The van der Waals surface area contributed by atoms with Crippen LogP contribution in [0.2, 0.25) is 0 Å². The Morgan fingerprint density at radius 3 is 2.29 bits per heavy atom. The molecule has 0 aromatic heterocycles. The van der Waals surface area contributed by atoms with Crippen LogP contribution in [0.4, 0.5) is 5.69 Å². The lowest BCUT2D eigenvalue weighted by molar-refractivity contribution is -0.118. The first-order chi connectivity index (χ1) is 17.0. The average molecular weight is 585 g/mol. The van der Waals surface area contributed by atoms with Gasteiger partial charge in [0.15, 0.2) is 0 Å². The predicted molar refractivity (Wildman–Crippen MR) is 148 cm³/mol. The van der Waals surface area contributed by atoms with Crippen LogP contribution >= 0.6 is 22.6 Å². The van der Waals surface area contributed by atoms with Crippen LogP contribution in [-0.2, 0) is 22.4 Å². The molecule has 6 heteroatoms. The van der Waals surface area contributed by atoms with Crippen LogP contribution in [-0.4, -0.2) is 32.6 Å². The smallest absolute Gasteiger partial charge is 0.339 e. The number of unbranched alkanes of at least 4 members (excludes halogenated alkanes) is 2. The Labute approximate surface area is 221 Å². The van der Waals surface area contributed by atoms with E-state index in [1.807, 2.05) is 42.5 Å². The molecule has 0 aliphatic carbocycles. The van der Waals surface area contributed by atoms with E-state index in [9.17, 15) is 9.59 Å². The Kier molecular flexibility index (Phi) is 10.6. The van der Waals surface area contributed by atoms with Crippen LogP contribution in [0.25, 0.3) is 0 Å². The second-order valence-corrected chi connectivity index (χ2v) is 9.56. The SMILES string of the molecule is COC(=O)c1cc(N(C)C(=O)CCc2ccc(OCCCCCc3ccccc3)cc2)ccc1I. The van der Waals surface area contributed by atoms with Crippen molar-refractivity contribution < 1.29 is 19.1 Å². The normalized spacial score (nSPS) is 10.6. The molecule has 1 amide bonds. The molecular weight excluding hydrogens is 553 g/mol. The molecule has 35 heavy (non-hydrogen) atoms. The van der Waals surface area contributed by atoms with E-state index in [2.05, 4.69) is 46.9 Å². The monoisotopic (exact) mass is 585 g/mol. The number of carbonyl (C=O) groups excluding carboxylic acids is 2. The van der Waals surface area contributed by atoms with Crippen molar-refractivity contribution in [2.75, 3.05) is 25.7 Å². The number of esters is 1. The third kappa shape index (κ3) is 8.38. The number of nitrogens with zero attached hydrogens (tertiary/aromatic N) is 1. The summed E-state index contributed by atoms with van der Waals surface area (Å²) in [6.07, 6.45) is 5.46. The van der Waals surface area contributed by atoms with E-state index < -0.39 is 5.97 Å². The highest BCUT2D eigenvalue weighted by Gasteiger charge is 2.16. The molecule has 0 aliphatic heterocycles. The fraction of sp³-hybridized carbons (Fsp3) is 0.310. The molecule has 0 spiro atoms. The summed E-state index contributed by atoms with van der Waals surface area (Å²) >= 11 is 2.08. The molecule has 0 radical (unpaired) electrons. The number of halogens is 1. The van der Waals surface area contributed by atoms with E-state index in [-0.39, 0.29) is 5.91 Å². The third-order valence-corrected chi connectivity index (χ3v) is 6.83. The van der Waals surface area contributed by atoms with Crippen LogP contribution in [0.5, 0.6) is 5.75 Å². The minimum absolute atomic E-state index is 0.0159. The Hall–Kier alpha value is -2.87. The van der Waals surface area contributed by atoms with Crippen molar-refractivity contribution in [1.82, 2.24) is 0 Å². The summed E-state index contributed by atoms with van der Waals surface area (Å²) in [5.41, 5.74) is 3.60. The minimum Gasteiger partial charge on any atom is -0.494 e. The maximum Gasteiger partial charge on any atom is 0.339 e. The van der Waals surface area contributed by atoms with E-state index in [0.717, 1.165) is 34.1 Å². The summed E-state index contributed by atoms with van der Waals surface area (Å²) in [4.78, 5) is 26.2. The zero-order valence-electron chi connectivity index (χ0n) is 20.3. The maximum atomic E-state index is 12.7. The standard InChI is InChI=1S/C29H32INO4/c1-31(24-15-18-27(30)26(21-24)29(33)34-2)28(32)19-14-23-12-16-25(17-13-23)35-20-8-4-7-11-22-9-5-3-6-10-22/h3,5-6,9-10,12-13,15-18,21H,4,7-8,11,14,19-20H2,1-2H3. The Balaban J connectivity index is 1.39. The predicted octanol–water partition coefficient (Wildman–Crippen LogP) is 6.47. The molecule has 0 aliphatic rings. The fourth-order valence-electron chi connectivity index (χ4n) is 3.75. The molecule has 0 N–H and O–H groups in total. The first kappa shape index (κ1) is 26.7. The molecule has 0 bridgehead atoms. The number of anilines is 1. The van der Waals surface area contributed by atoms with Gasteiger partial charge in [-0.3, -0.25) is 4.79 Å². The quantitative estimate of drug-likeness (QED) is 0.139. The molecular formula is C29H32INO4. The van der Waals surface area contributed by atoms with E-state index in [1.165, 1.54) is 19.1 Å². The first-order valence-corrected chi connectivity index (χ1v) is 13.0. The van der Waals surface area contributed by atoms with Gasteiger partial charge in [0.2, 0.25) is 5.91 Å². The number of amides is 1. The van der Waals surface area contributed by atoms with Crippen molar-refractivity contribution in [3.63, 3.8) is 0 Å². The van der Waals surface area contributed by atoms with Crippen LogP contribution in [0.3, 0.4) is 0 Å². The highest BCUT2D eigenvalue weighted by molar-refractivity contribution is 14.1. The summed E-state index contributed by atoms with van der Waals surface area (Å²) in [6, 6.07) is 23.9. The van der Waals surface area contributed by atoms with Crippen molar-refractivity contribution in [3.05, 3.63) is 93.1 Å². The van der Waals surface area contributed by atoms with Gasteiger partial charge in [0.25, 0.3) is 0 Å².